The largest absolute Gasteiger partial charge is 0.465 e. The summed E-state index contributed by atoms with van der Waals surface area (Å²) in [5, 5.41) is 0. The highest BCUT2D eigenvalue weighted by molar-refractivity contribution is 6.24. The number of allylic oxidation sites excluding steroid dienone is 2. The SMILES string of the molecule is COC(=O)c1ccccc1N1C(=O)[C@@H]2[C@@H](C1=O)[C@H]1C=C[C@H]2C1. The summed E-state index contributed by atoms with van der Waals surface area (Å²) >= 11 is 0. The van der Waals surface area contributed by atoms with Crippen LogP contribution in [0.15, 0.2) is 36.4 Å². The van der Waals surface area contributed by atoms with Gasteiger partial charge in [0.15, 0.2) is 0 Å². The number of hydrogen-bond donors (Lipinski definition) is 0. The zero-order chi connectivity index (χ0) is 15.4. The number of nitrogens with zero attached hydrogens (tertiary/aromatic N) is 1. The molecule has 0 N–H and O–H groups in total. The molecule has 0 unspecified atom stereocenters. The summed E-state index contributed by atoms with van der Waals surface area (Å²) in [6.45, 7) is 0. The van der Waals surface area contributed by atoms with Crippen molar-refractivity contribution in [1.29, 1.82) is 0 Å². The van der Waals surface area contributed by atoms with E-state index in [9.17, 15) is 14.4 Å². The molecule has 2 aliphatic carbocycles. The van der Waals surface area contributed by atoms with Gasteiger partial charge in [-0.2, -0.15) is 0 Å². The summed E-state index contributed by atoms with van der Waals surface area (Å²) in [5.74, 6) is -1.16. The average Bonchev–Trinajstić information content (AvgIpc) is 3.21. The fourth-order valence-corrected chi connectivity index (χ4v) is 4.09. The lowest BCUT2D eigenvalue weighted by atomic mass is 9.85. The van der Waals surface area contributed by atoms with Crippen LogP contribution in [0.1, 0.15) is 16.8 Å². The van der Waals surface area contributed by atoms with Gasteiger partial charge >= 0.3 is 5.97 Å². The van der Waals surface area contributed by atoms with Gasteiger partial charge in [-0.05, 0) is 30.4 Å². The molecule has 1 aromatic carbocycles. The molecule has 0 spiro atoms. The molecule has 0 radical (unpaired) electrons. The third kappa shape index (κ3) is 1.56. The average molecular weight is 297 g/mol. The van der Waals surface area contributed by atoms with Gasteiger partial charge in [-0.15, -0.1) is 0 Å². The summed E-state index contributed by atoms with van der Waals surface area (Å²) in [4.78, 5) is 38.6. The Morgan fingerprint density at radius 3 is 2.27 bits per heavy atom. The van der Waals surface area contributed by atoms with E-state index in [0.717, 1.165) is 6.42 Å². The molecule has 1 saturated heterocycles. The number of esters is 1. The Labute approximate surface area is 127 Å². The van der Waals surface area contributed by atoms with E-state index in [4.69, 9.17) is 4.74 Å². The standard InChI is InChI=1S/C17H15NO4/c1-22-17(21)11-4-2-3-5-12(11)18-15(19)13-9-6-7-10(8-9)14(13)16(18)20/h2-7,9-10,13-14H,8H2,1H3/t9-,10-,13-,14-/m0/s1. The normalized spacial score (nSPS) is 31.8. The summed E-state index contributed by atoms with van der Waals surface area (Å²) in [6.07, 6.45) is 4.98. The Morgan fingerprint density at radius 2 is 1.68 bits per heavy atom. The van der Waals surface area contributed by atoms with Gasteiger partial charge in [0.25, 0.3) is 0 Å². The maximum atomic E-state index is 12.8. The smallest absolute Gasteiger partial charge is 0.339 e. The van der Waals surface area contributed by atoms with E-state index in [1.807, 2.05) is 12.2 Å². The number of hydrogen-bond acceptors (Lipinski definition) is 4. The Bertz CT molecular complexity index is 693. The topological polar surface area (TPSA) is 63.7 Å². The Hall–Kier alpha value is -2.43. The van der Waals surface area contributed by atoms with Crippen molar-refractivity contribution in [1.82, 2.24) is 0 Å². The lowest BCUT2D eigenvalue weighted by molar-refractivity contribution is -0.123. The molecule has 112 valence electrons. The molecule has 2 amide bonds. The van der Waals surface area contributed by atoms with Gasteiger partial charge in [0.2, 0.25) is 11.8 Å². The fourth-order valence-electron chi connectivity index (χ4n) is 4.09. The number of carbonyl (C=O) groups excluding carboxylic acids is 3. The highest BCUT2D eigenvalue weighted by Gasteiger charge is 2.59. The number of imide groups is 1. The Kier molecular flexibility index (Phi) is 2.73. The molecule has 1 saturated carbocycles. The molecule has 1 heterocycles. The van der Waals surface area contributed by atoms with Crippen LogP contribution < -0.4 is 4.90 Å². The van der Waals surface area contributed by atoms with Crippen molar-refractivity contribution >= 4 is 23.5 Å². The molecule has 2 fully saturated rings. The fraction of sp³-hybridized carbons (Fsp3) is 0.353. The quantitative estimate of drug-likeness (QED) is 0.474. The number of anilines is 1. The third-order valence-electron chi connectivity index (χ3n) is 5.02. The minimum Gasteiger partial charge on any atom is -0.465 e. The molecule has 4 atom stereocenters. The highest BCUT2D eigenvalue weighted by atomic mass is 16.5. The summed E-state index contributed by atoms with van der Waals surface area (Å²) in [6, 6.07) is 6.59. The monoisotopic (exact) mass is 297 g/mol. The number of ether oxygens (including phenoxy) is 1. The molecule has 5 heteroatoms. The number of rotatable bonds is 2. The molecule has 4 rings (SSSR count). The van der Waals surface area contributed by atoms with Gasteiger partial charge in [-0.3, -0.25) is 9.59 Å². The lowest BCUT2D eigenvalue weighted by Gasteiger charge is -2.19. The van der Waals surface area contributed by atoms with Crippen molar-refractivity contribution in [2.75, 3.05) is 12.0 Å². The van der Waals surface area contributed by atoms with Crippen molar-refractivity contribution in [3.05, 3.63) is 42.0 Å². The second-order valence-corrected chi connectivity index (χ2v) is 6.02. The van der Waals surface area contributed by atoms with E-state index in [2.05, 4.69) is 0 Å². The first-order valence-electron chi connectivity index (χ1n) is 7.37. The number of para-hydroxylation sites is 1. The molecule has 1 aromatic rings. The molecule has 2 bridgehead atoms. The van der Waals surface area contributed by atoms with E-state index in [1.54, 1.807) is 24.3 Å². The molecule has 1 aliphatic heterocycles. The summed E-state index contributed by atoms with van der Waals surface area (Å²) in [7, 11) is 1.28. The molecule has 0 aromatic heterocycles. The maximum absolute atomic E-state index is 12.8. The van der Waals surface area contributed by atoms with Crippen LogP contribution >= 0.6 is 0 Å². The minimum atomic E-state index is -0.547. The van der Waals surface area contributed by atoms with Gasteiger partial charge in [0.1, 0.15) is 0 Å². The van der Waals surface area contributed by atoms with E-state index in [1.165, 1.54) is 12.0 Å². The molecule has 3 aliphatic rings. The first kappa shape index (κ1) is 13.2. The number of carbonyl (C=O) groups is 3. The van der Waals surface area contributed by atoms with Gasteiger partial charge in [-0.1, -0.05) is 24.3 Å². The molecule has 5 nitrogen and oxygen atoms in total. The van der Waals surface area contributed by atoms with Crippen molar-refractivity contribution in [2.24, 2.45) is 23.7 Å². The van der Waals surface area contributed by atoms with Crippen LogP contribution in [0.3, 0.4) is 0 Å². The van der Waals surface area contributed by atoms with Crippen LogP contribution in [0, 0.1) is 23.7 Å². The van der Waals surface area contributed by atoms with Crippen molar-refractivity contribution in [3.63, 3.8) is 0 Å². The Morgan fingerprint density at radius 1 is 1.09 bits per heavy atom. The van der Waals surface area contributed by atoms with E-state index in [-0.39, 0.29) is 41.0 Å². The van der Waals surface area contributed by atoms with Crippen LogP contribution in [0.2, 0.25) is 0 Å². The summed E-state index contributed by atoms with van der Waals surface area (Å²) in [5.41, 5.74) is 0.574. The van der Waals surface area contributed by atoms with E-state index < -0.39 is 5.97 Å². The molecule has 22 heavy (non-hydrogen) atoms. The van der Waals surface area contributed by atoms with Gasteiger partial charge in [0, 0.05) is 0 Å². The van der Waals surface area contributed by atoms with Crippen molar-refractivity contribution in [2.45, 2.75) is 6.42 Å². The molecular formula is C17H15NO4. The van der Waals surface area contributed by atoms with Crippen LogP contribution in [0.25, 0.3) is 0 Å². The van der Waals surface area contributed by atoms with Gasteiger partial charge < -0.3 is 4.74 Å². The van der Waals surface area contributed by atoms with Crippen LogP contribution in [0.5, 0.6) is 0 Å². The lowest BCUT2D eigenvalue weighted by Crippen LogP contribution is -2.34. The molecular weight excluding hydrogens is 282 g/mol. The second kappa shape index (κ2) is 4.53. The van der Waals surface area contributed by atoms with Crippen LogP contribution in [-0.4, -0.2) is 24.9 Å². The van der Waals surface area contributed by atoms with E-state index in [0.29, 0.717) is 5.69 Å². The van der Waals surface area contributed by atoms with Gasteiger partial charge in [-0.25, -0.2) is 9.69 Å². The van der Waals surface area contributed by atoms with Crippen LogP contribution in [-0.2, 0) is 14.3 Å². The first-order chi connectivity index (χ1) is 10.6. The predicted octanol–water partition coefficient (Wildman–Crippen LogP) is 1.78. The highest BCUT2D eigenvalue weighted by Crippen LogP contribution is 2.53. The second-order valence-electron chi connectivity index (χ2n) is 6.02. The first-order valence-corrected chi connectivity index (χ1v) is 7.37. The zero-order valence-corrected chi connectivity index (χ0v) is 12.1. The number of amides is 2. The number of methoxy groups -OCH3 is 1. The minimum absolute atomic E-state index is 0.154. The predicted molar refractivity (Wildman–Crippen MR) is 78.0 cm³/mol. The van der Waals surface area contributed by atoms with Crippen molar-refractivity contribution in [3.8, 4) is 0 Å². The van der Waals surface area contributed by atoms with Gasteiger partial charge in [0.05, 0.1) is 30.2 Å². The van der Waals surface area contributed by atoms with Crippen molar-refractivity contribution < 1.29 is 19.1 Å². The Balaban J connectivity index is 1.78. The third-order valence-corrected chi connectivity index (χ3v) is 5.02. The summed E-state index contributed by atoms with van der Waals surface area (Å²) < 4.78 is 4.76. The van der Waals surface area contributed by atoms with E-state index >= 15 is 0 Å². The maximum Gasteiger partial charge on any atom is 0.339 e. The number of benzene rings is 1. The number of fused-ring (bicyclic) bond motifs is 5. The zero-order valence-electron chi connectivity index (χ0n) is 12.1. The van der Waals surface area contributed by atoms with Crippen LogP contribution in [0.4, 0.5) is 5.69 Å².